The van der Waals surface area contributed by atoms with Gasteiger partial charge in [0.25, 0.3) is 0 Å². The number of rotatable bonds is 5. The van der Waals surface area contributed by atoms with Crippen LogP contribution in [-0.4, -0.2) is 35.9 Å². The van der Waals surface area contributed by atoms with Crippen LogP contribution in [0.25, 0.3) is 10.9 Å². The first kappa shape index (κ1) is 15.6. The van der Waals surface area contributed by atoms with E-state index in [4.69, 9.17) is 0 Å². The molecule has 7 heteroatoms. The van der Waals surface area contributed by atoms with Gasteiger partial charge >= 0.3 is 0 Å². The molecule has 0 aliphatic rings. The normalized spacial score (nSPS) is 12.6. The molecule has 0 radical (unpaired) electrons. The zero-order valence-electron chi connectivity index (χ0n) is 12.2. The minimum Gasteiger partial charge on any atom is -0.365 e. The van der Waals surface area contributed by atoms with E-state index in [1.165, 1.54) is 24.7 Å². The molecule has 1 aromatic heterocycles. The van der Waals surface area contributed by atoms with Crippen molar-refractivity contribution in [2.24, 2.45) is 0 Å². The Kier molecular flexibility index (Phi) is 4.13. The maximum absolute atomic E-state index is 13.4. The molecule has 0 amide bonds. The molecule has 5 nitrogen and oxygen atoms in total. The van der Waals surface area contributed by atoms with Gasteiger partial charge in [0.15, 0.2) is 0 Å². The van der Waals surface area contributed by atoms with Crippen LogP contribution in [0.1, 0.15) is 20.3 Å². The summed E-state index contributed by atoms with van der Waals surface area (Å²) in [6.07, 6.45) is 3.03. The maximum Gasteiger partial charge on any atom is 0.147 e. The van der Waals surface area contributed by atoms with Crippen molar-refractivity contribution in [2.75, 3.05) is 17.3 Å². The SMILES string of the molecule is CC(C)(CCS(C)(=O)=O)Nc1ncnc2ccc(F)cc12. The fourth-order valence-electron chi connectivity index (χ4n) is 1.95. The predicted octanol–water partition coefficient (Wildman–Crippen LogP) is 2.39. The van der Waals surface area contributed by atoms with Gasteiger partial charge in [-0.15, -0.1) is 0 Å². The molecule has 0 aliphatic carbocycles. The lowest BCUT2D eigenvalue weighted by Gasteiger charge is -2.27. The van der Waals surface area contributed by atoms with Gasteiger partial charge in [0.1, 0.15) is 27.8 Å². The van der Waals surface area contributed by atoms with Gasteiger partial charge in [-0.1, -0.05) is 0 Å². The minimum atomic E-state index is -3.03. The molecule has 114 valence electrons. The summed E-state index contributed by atoms with van der Waals surface area (Å²) in [6.45, 7) is 3.76. The van der Waals surface area contributed by atoms with E-state index in [2.05, 4.69) is 15.3 Å². The van der Waals surface area contributed by atoms with Gasteiger partial charge in [-0.2, -0.15) is 0 Å². The van der Waals surface area contributed by atoms with Crippen LogP contribution in [0, 0.1) is 5.82 Å². The van der Waals surface area contributed by atoms with Gasteiger partial charge in [-0.05, 0) is 38.5 Å². The molecule has 0 spiro atoms. The third-order valence-electron chi connectivity index (χ3n) is 3.15. The van der Waals surface area contributed by atoms with Crippen molar-refractivity contribution in [3.63, 3.8) is 0 Å². The zero-order valence-corrected chi connectivity index (χ0v) is 13.0. The van der Waals surface area contributed by atoms with Gasteiger partial charge in [0, 0.05) is 17.2 Å². The quantitative estimate of drug-likeness (QED) is 0.918. The standard InChI is InChI=1S/C14H18FN3O2S/c1-14(2,6-7-21(3,19)20)18-13-11-8-10(15)4-5-12(11)16-9-17-13/h4-5,8-9H,6-7H2,1-3H3,(H,16,17,18). The molecule has 0 aliphatic heterocycles. The van der Waals surface area contributed by atoms with E-state index in [9.17, 15) is 12.8 Å². The van der Waals surface area contributed by atoms with Gasteiger partial charge in [-0.25, -0.2) is 22.8 Å². The van der Waals surface area contributed by atoms with Crippen LogP contribution >= 0.6 is 0 Å². The summed E-state index contributed by atoms with van der Waals surface area (Å²) in [5, 5.41) is 3.75. The average Bonchev–Trinajstić information content (AvgIpc) is 2.36. The number of hydrogen-bond donors (Lipinski definition) is 1. The number of halogens is 1. The smallest absolute Gasteiger partial charge is 0.147 e. The van der Waals surface area contributed by atoms with Gasteiger partial charge < -0.3 is 5.32 Å². The molecule has 21 heavy (non-hydrogen) atoms. The van der Waals surface area contributed by atoms with Crippen LogP contribution in [0.2, 0.25) is 0 Å². The number of benzene rings is 1. The highest BCUT2D eigenvalue weighted by atomic mass is 32.2. The van der Waals surface area contributed by atoms with E-state index in [-0.39, 0.29) is 11.6 Å². The number of nitrogens with zero attached hydrogens (tertiary/aromatic N) is 2. The summed E-state index contributed by atoms with van der Waals surface area (Å²) < 4.78 is 36.0. The molecule has 0 unspecified atom stereocenters. The Balaban J connectivity index is 2.28. The summed E-state index contributed by atoms with van der Waals surface area (Å²) in [6, 6.07) is 4.29. The Morgan fingerprint density at radius 2 is 2.00 bits per heavy atom. The Morgan fingerprint density at radius 1 is 1.29 bits per heavy atom. The number of sulfone groups is 1. The first-order chi connectivity index (χ1) is 9.66. The molecule has 2 aromatic rings. The molecule has 1 aromatic carbocycles. The molecule has 0 saturated carbocycles. The summed E-state index contributed by atoms with van der Waals surface area (Å²) in [7, 11) is -3.03. The molecule has 1 N–H and O–H groups in total. The minimum absolute atomic E-state index is 0.0738. The Morgan fingerprint density at radius 3 is 2.67 bits per heavy atom. The van der Waals surface area contributed by atoms with E-state index in [0.29, 0.717) is 23.1 Å². The second-order valence-electron chi connectivity index (χ2n) is 5.77. The highest BCUT2D eigenvalue weighted by Gasteiger charge is 2.21. The second kappa shape index (κ2) is 5.55. The van der Waals surface area contributed by atoms with Crippen LogP contribution in [0.4, 0.5) is 10.2 Å². The largest absolute Gasteiger partial charge is 0.365 e. The lowest BCUT2D eigenvalue weighted by Crippen LogP contribution is -2.33. The van der Waals surface area contributed by atoms with E-state index in [0.717, 1.165) is 0 Å². The van der Waals surface area contributed by atoms with Crippen molar-refractivity contribution in [1.29, 1.82) is 0 Å². The maximum atomic E-state index is 13.4. The van der Waals surface area contributed by atoms with E-state index < -0.39 is 15.4 Å². The van der Waals surface area contributed by atoms with Crippen molar-refractivity contribution in [3.05, 3.63) is 30.3 Å². The molecule has 1 heterocycles. The Labute approximate surface area is 123 Å². The predicted molar refractivity (Wildman–Crippen MR) is 81.5 cm³/mol. The number of anilines is 1. The number of nitrogens with one attached hydrogen (secondary N) is 1. The van der Waals surface area contributed by atoms with E-state index in [1.54, 1.807) is 6.07 Å². The average molecular weight is 311 g/mol. The summed E-state index contributed by atoms with van der Waals surface area (Å²) in [5.74, 6) is 0.206. The Bertz CT molecular complexity index is 760. The molecule has 0 saturated heterocycles. The summed E-state index contributed by atoms with van der Waals surface area (Å²) >= 11 is 0. The van der Waals surface area contributed by atoms with Crippen LogP contribution in [0.15, 0.2) is 24.5 Å². The van der Waals surface area contributed by atoms with Crippen molar-refractivity contribution >= 4 is 26.6 Å². The lowest BCUT2D eigenvalue weighted by molar-refractivity contribution is 0.534. The molecule has 2 rings (SSSR count). The van der Waals surface area contributed by atoms with Crippen LogP contribution in [0.3, 0.4) is 0 Å². The highest BCUT2D eigenvalue weighted by molar-refractivity contribution is 7.90. The first-order valence-electron chi connectivity index (χ1n) is 6.52. The molecular formula is C14H18FN3O2S. The highest BCUT2D eigenvalue weighted by Crippen LogP contribution is 2.24. The topological polar surface area (TPSA) is 72.0 Å². The van der Waals surface area contributed by atoms with Crippen LogP contribution < -0.4 is 5.32 Å². The number of aromatic nitrogens is 2. The first-order valence-corrected chi connectivity index (χ1v) is 8.58. The van der Waals surface area contributed by atoms with Crippen LogP contribution in [-0.2, 0) is 9.84 Å². The van der Waals surface area contributed by atoms with Crippen molar-refractivity contribution in [1.82, 2.24) is 9.97 Å². The Hall–Kier alpha value is -1.76. The zero-order chi connectivity index (χ0) is 15.7. The fraction of sp³-hybridized carbons (Fsp3) is 0.429. The van der Waals surface area contributed by atoms with Crippen molar-refractivity contribution < 1.29 is 12.8 Å². The summed E-state index contributed by atoms with van der Waals surface area (Å²) in [5.41, 5.74) is 0.143. The second-order valence-corrected chi connectivity index (χ2v) is 8.03. The molecule has 0 bridgehead atoms. The third kappa shape index (κ3) is 4.35. The van der Waals surface area contributed by atoms with E-state index >= 15 is 0 Å². The molecular weight excluding hydrogens is 293 g/mol. The van der Waals surface area contributed by atoms with Crippen molar-refractivity contribution in [2.45, 2.75) is 25.8 Å². The number of fused-ring (bicyclic) bond motifs is 1. The van der Waals surface area contributed by atoms with Gasteiger partial charge in [0.2, 0.25) is 0 Å². The monoisotopic (exact) mass is 311 g/mol. The van der Waals surface area contributed by atoms with Gasteiger partial charge in [-0.3, -0.25) is 0 Å². The van der Waals surface area contributed by atoms with Crippen LogP contribution in [0.5, 0.6) is 0 Å². The fourth-order valence-corrected chi connectivity index (χ4v) is 2.83. The lowest BCUT2D eigenvalue weighted by atomic mass is 10.0. The molecule has 0 atom stereocenters. The summed E-state index contributed by atoms with van der Waals surface area (Å²) in [4.78, 5) is 8.22. The third-order valence-corrected chi connectivity index (χ3v) is 4.10. The molecule has 0 fully saturated rings. The van der Waals surface area contributed by atoms with Crippen molar-refractivity contribution in [3.8, 4) is 0 Å². The van der Waals surface area contributed by atoms with Gasteiger partial charge in [0.05, 0.1) is 11.3 Å². The van der Waals surface area contributed by atoms with E-state index in [1.807, 2.05) is 13.8 Å². The number of hydrogen-bond acceptors (Lipinski definition) is 5.